The summed E-state index contributed by atoms with van der Waals surface area (Å²) in [5.41, 5.74) is 8.93. The molecule has 0 unspecified atom stereocenters. The monoisotopic (exact) mass is 611 g/mol. The summed E-state index contributed by atoms with van der Waals surface area (Å²) >= 11 is -2.59. The van der Waals surface area contributed by atoms with Crippen molar-refractivity contribution in [3.8, 4) is 11.3 Å². The Morgan fingerprint density at radius 1 is 0.789 bits per heavy atom. The van der Waals surface area contributed by atoms with E-state index in [1.165, 1.54) is 82.3 Å². The molecule has 3 heterocycles. The minimum atomic E-state index is -2.59. The Morgan fingerprint density at radius 3 is 2.16 bits per heavy atom. The van der Waals surface area contributed by atoms with Crippen LogP contribution in [0.2, 0.25) is 13.3 Å². The molecule has 0 spiro atoms. The van der Waals surface area contributed by atoms with Crippen LogP contribution in [0.3, 0.4) is 0 Å². The van der Waals surface area contributed by atoms with E-state index in [0.29, 0.717) is 0 Å². The van der Waals surface area contributed by atoms with Crippen molar-refractivity contribution in [3.63, 3.8) is 0 Å². The van der Waals surface area contributed by atoms with Gasteiger partial charge in [-0.1, -0.05) is 0 Å². The third kappa shape index (κ3) is 3.95. The molecule has 0 atom stereocenters. The van der Waals surface area contributed by atoms with Crippen molar-refractivity contribution in [2.45, 2.75) is 67.2 Å². The van der Waals surface area contributed by atoms with Gasteiger partial charge in [0, 0.05) is 0 Å². The minimum absolute atomic E-state index is 1.14. The van der Waals surface area contributed by atoms with E-state index in [1.54, 1.807) is 3.58 Å². The van der Waals surface area contributed by atoms with Crippen LogP contribution in [-0.4, -0.2) is 40.9 Å². The second-order valence-electron chi connectivity index (χ2n) is 11.4. The molecule has 0 bridgehead atoms. The topological polar surface area (TPSA) is 20.5 Å². The summed E-state index contributed by atoms with van der Waals surface area (Å²) in [4.78, 5) is 7.83. The van der Waals surface area contributed by atoms with Gasteiger partial charge in [-0.3, -0.25) is 0 Å². The number of piperidine rings is 1. The molecule has 5 aromatic rings. The van der Waals surface area contributed by atoms with Crippen LogP contribution in [0.5, 0.6) is 0 Å². The van der Waals surface area contributed by atoms with Crippen molar-refractivity contribution in [1.29, 1.82) is 0 Å². The average Bonchev–Trinajstić information content (AvgIpc) is 3.39. The molecule has 1 aliphatic heterocycles. The molecule has 4 heteroatoms. The molecular weight excluding hydrogens is 569 g/mol. The Morgan fingerprint density at radius 2 is 1.47 bits per heavy atom. The van der Waals surface area contributed by atoms with Crippen LogP contribution in [0.4, 0.5) is 5.69 Å². The number of rotatable bonds is 6. The van der Waals surface area contributed by atoms with E-state index < -0.39 is 18.4 Å². The van der Waals surface area contributed by atoms with Crippen LogP contribution in [0, 0.1) is 13.8 Å². The van der Waals surface area contributed by atoms with Gasteiger partial charge in [-0.25, -0.2) is 0 Å². The Balaban J connectivity index is 1.77. The molecule has 3 aromatic carbocycles. The Bertz CT molecular complexity index is 1610. The van der Waals surface area contributed by atoms with Crippen molar-refractivity contribution < 1.29 is 0 Å². The van der Waals surface area contributed by atoms with Gasteiger partial charge in [0.25, 0.3) is 0 Å². The summed E-state index contributed by atoms with van der Waals surface area (Å²) in [6.07, 6.45) is 6.08. The molecule has 1 saturated heterocycles. The summed E-state index contributed by atoms with van der Waals surface area (Å²) in [5, 5.41) is 4.18. The van der Waals surface area contributed by atoms with Gasteiger partial charge in [-0.05, 0) is 0 Å². The molecule has 6 rings (SSSR count). The third-order valence-corrected chi connectivity index (χ3v) is 25.7. The summed E-state index contributed by atoms with van der Waals surface area (Å²) in [5.74, 6) is 0. The second kappa shape index (κ2) is 10.2. The van der Waals surface area contributed by atoms with Gasteiger partial charge in [0.1, 0.15) is 0 Å². The molecule has 0 aliphatic carbocycles. The Kier molecular flexibility index (Phi) is 6.92. The second-order valence-corrected chi connectivity index (χ2v) is 26.3. The zero-order valence-corrected chi connectivity index (χ0v) is 26.6. The van der Waals surface area contributed by atoms with Gasteiger partial charge in [-0.15, -0.1) is 0 Å². The Hall–Kier alpha value is -2.53. The fourth-order valence-corrected chi connectivity index (χ4v) is 18.3. The number of aromatic nitrogens is 2. The first kappa shape index (κ1) is 25.7. The summed E-state index contributed by atoms with van der Waals surface area (Å²) in [7, 11) is 0. The fourth-order valence-electron chi connectivity index (χ4n) is 7.23. The van der Waals surface area contributed by atoms with E-state index in [4.69, 9.17) is 4.98 Å². The predicted molar refractivity (Wildman–Crippen MR) is 168 cm³/mol. The van der Waals surface area contributed by atoms with Crippen LogP contribution in [0.25, 0.3) is 38.6 Å². The van der Waals surface area contributed by atoms with Gasteiger partial charge in [0.05, 0.1) is 0 Å². The first-order valence-corrected chi connectivity index (χ1v) is 22.2. The molecule has 2 aromatic heterocycles. The number of hydrogen-bond donors (Lipinski definition) is 0. The first-order valence-electron chi connectivity index (χ1n) is 14.7. The number of pyridine rings is 1. The van der Waals surface area contributed by atoms with E-state index in [-0.39, 0.29) is 0 Å². The van der Waals surface area contributed by atoms with Gasteiger partial charge < -0.3 is 0 Å². The number of nitrogens with zero attached hydrogens (tertiary/aromatic N) is 3. The first-order chi connectivity index (χ1) is 18.5. The van der Waals surface area contributed by atoms with E-state index in [0.717, 1.165) is 18.7 Å². The molecule has 38 heavy (non-hydrogen) atoms. The zero-order chi connectivity index (χ0) is 26.4. The van der Waals surface area contributed by atoms with Crippen LogP contribution in [0.1, 0.15) is 51.2 Å². The van der Waals surface area contributed by atoms with Crippen molar-refractivity contribution in [2.24, 2.45) is 0 Å². The quantitative estimate of drug-likeness (QED) is 0.142. The van der Waals surface area contributed by atoms with Gasteiger partial charge in [0.2, 0.25) is 0 Å². The van der Waals surface area contributed by atoms with Crippen LogP contribution < -0.4 is 8.48 Å². The molecule has 1 fully saturated rings. The molecule has 0 radical (unpaired) electrons. The van der Waals surface area contributed by atoms with Crippen molar-refractivity contribution >= 4 is 55.0 Å². The molecular formula is C34H41N3Sn. The summed E-state index contributed by atoms with van der Waals surface area (Å²) in [6.45, 7) is 14.1. The normalized spacial score (nSPS) is 14.7. The average molecular weight is 610 g/mol. The van der Waals surface area contributed by atoms with Crippen molar-refractivity contribution in [2.75, 3.05) is 18.0 Å². The molecule has 1 aliphatic rings. The molecule has 0 saturated carbocycles. The molecule has 196 valence electrons. The standard InChI is InChI=1S/C28H26N3.3C2H5.Sn/c1-19-9-8-10-20(2)27(19)26-18-29-28-23-12-5-4-11-22(23)24-17-21(13-14-25(24)31(26)28)30-15-6-3-7-16-30;3*1-2;/h4-5,8-11,13-14,17-18H,3,6-7,15-16H2,1-2H3;3*1H2,2H3;. The fraction of sp³-hybridized carbons (Fsp3) is 0.382. The number of fused-ring (bicyclic) bond motifs is 6. The maximum absolute atomic E-state index is 5.23. The van der Waals surface area contributed by atoms with E-state index >= 15 is 0 Å². The molecule has 3 nitrogen and oxygen atoms in total. The predicted octanol–water partition coefficient (Wildman–Crippen LogP) is 8.63. The number of imidazole rings is 1. The SMILES string of the molecule is C[CH2][Sn]([CH2]C)([CH2]C)[c]1cccc2c3cc(N4CCCCC4)ccc3n3c(-c4c(C)cccc4C)cnc3c12. The molecule has 0 amide bonds. The van der Waals surface area contributed by atoms with Crippen molar-refractivity contribution in [3.05, 3.63) is 71.9 Å². The third-order valence-electron chi connectivity index (χ3n) is 9.62. The zero-order valence-electron chi connectivity index (χ0n) is 23.8. The van der Waals surface area contributed by atoms with Crippen LogP contribution >= 0.6 is 0 Å². The number of hydrogen-bond acceptors (Lipinski definition) is 2. The van der Waals surface area contributed by atoms with E-state index in [2.05, 4.69) is 105 Å². The number of aryl methyl sites for hydroxylation is 2. The summed E-state index contributed by atoms with van der Waals surface area (Å²) in [6, 6.07) is 21.0. The Labute approximate surface area is 231 Å². The summed E-state index contributed by atoms with van der Waals surface area (Å²) < 4.78 is 8.17. The van der Waals surface area contributed by atoms with Gasteiger partial charge in [0.15, 0.2) is 0 Å². The number of anilines is 1. The maximum atomic E-state index is 5.23. The number of benzene rings is 3. The molecule has 0 N–H and O–H groups in total. The van der Waals surface area contributed by atoms with Gasteiger partial charge >= 0.3 is 233 Å². The van der Waals surface area contributed by atoms with Crippen LogP contribution in [0.15, 0.2) is 60.8 Å². The van der Waals surface area contributed by atoms with Crippen molar-refractivity contribution in [1.82, 2.24) is 9.38 Å². The van der Waals surface area contributed by atoms with Crippen LogP contribution in [-0.2, 0) is 0 Å². The van der Waals surface area contributed by atoms with Gasteiger partial charge in [-0.2, -0.15) is 0 Å². The van der Waals surface area contributed by atoms with E-state index in [9.17, 15) is 0 Å². The van der Waals surface area contributed by atoms with E-state index in [1.807, 2.05) is 0 Å².